The highest BCUT2D eigenvalue weighted by molar-refractivity contribution is 14.0. The van der Waals surface area contributed by atoms with Crippen LogP contribution in [0.4, 0.5) is 0 Å². The first kappa shape index (κ1) is 27.9. The second-order valence-corrected chi connectivity index (χ2v) is 9.61. The fourth-order valence-corrected chi connectivity index (χ4v) is 4.88. The first-order chi connectivity index (χ1) is 15.4. The number of hydrogen-bond donors (Lipinski definition) is 1. The van der Waals surface area contributed by atoms with Crippen LogP contribution in [0.5, 0.6) is 0 Å². The van der Waals surface area contributed by atoms with Gasteiger partial charge in [0.25, 0.3) is 0 Å². The first-order valence-electron chi connectivity index (χ1n) is 12.4. The number of piperazine rings is 1. The molecule has 188 valence electrons. The predicted molar refractivity (Wildman–Crippen MR) is 145 cm³/mol. The highest BCUT2D eigenvalue weighted by Crippen LogP contribution is 2.27. The summed E-state index contributed by atoms with van der Waals surface area (Å²) in [6, 6.07) is 0. The summed E-state index contributed by atoms with van der Waals surface area (Å²) in [7, 11) is 4.07. The number of aryl methyl sites for hydroxylation is 1. The maximum Gasteiger partial charge on any atom is 0.225 e. The van der Waals surface area contributed by atoms with Crippen molar-refractivity contribution in [2.45, 2.75) is 58.9 Å². The van der Waals surface area contributed by atoms with Gasteiger partial charge >= 0.3 is 0 Å². The van der Waals surface area contributed by atoms with Gasteiger partial charge in [-0.15, -0.1) is 24.0 Å². The van der Waals surface area contributed by atoms with Crippen LogP contribution in [0, 0.1) is 5.92 Å². The Balaban J connectivity index is 0.00000385. The molecule has 2 heterocycles. The lowest BCUT2D eigenvalue weighted by Gasteiger charge is -2.35. The van der Waals surface area contributed by atoms with Crippen LogP contribution in [0.15, 0.2) is 11.2 Å². The number of halogens is 1. The van der Waals surface area contributed by atoms with Crippen LogP contribution in [0.3, 0.4) is 0 Å². The molecule has 1 aliphatic heterocycles. The number of rotatable bonds is 8. The van der Waals surface area contributed by atoms with Crippen molar-refractivity contribution >= 4 is 35.8 Å². The molecule has 0 radical (unpaired) electrons. The summed E-state index contributed by atoms with van der Waals surface area (Å²) in [5, 5.41) is 8.06. The van der Waals surface area contributed by atoms with Gasteiger partial charge in [0.2, 0.25) is 5.91 Å². The van der Waals surface area contributed by atoms with E-state index in [1.165, 1.54) is 18.4 Å². The molecule has 9 heteroatoms. The van der Waals surface area contributed by atoms with Crippen molar-refractivity contribution < 1.29 is 4.79 Å². The van der Waals surface area contributed by atoms with E-state index in [0.29, 0.717) is 17.7 Å². The van der Waals surface area contributed by atoms with Crippen LogP contribution in [0.1, 0.15) is 63.6 Å². The molecule has 0 atom stereocenters. The van der Waals surface area contributed by atoms with E-state index in [-0.39, 0.29) is 24.0 Å². The summed E-state index contributed by atoms with van der Waals surface area (Å²) in [6.45, 7) is 13.4. The van der Waals surface area contributed by atoms with E-state index in [1.54, 1.807) is 0 Å². The van der Waals surface area contributed by atoms with Crippen molar-refractivity contribution in [3.63, 3.8) is 0 Å². The van der Waals surface area contributed by atoms with Crippen LogP contribution < -0.4 is 5.32 Å². The lowest BCUT2D eigenvalue weighted by Crippen LogP contribution is -2.50. The average molecular weight is 574 g/mol. The lowest BCUT2D eigenvalue weighted by molar-refractivity contribution is -0.137. The summed E-state index contributed by atoms with van der Waals surface area (Å²) in [5.41, 5.74) is 2.40. The van der Waals surface area contributed by atoms with Crippen molar-refractivity contribution in [1.82, 2.24) is 29.8 Å². The van der Waals surface area contributed by atoms with Crippen LogP contribution in [-0.2, 0) is 18.4 Å². The quantitative estimate of drug-likeness (QED) is 0.295. The minimum Gasteiger partial charge on any atom is -0.357 e. The standard InChI is InChI=1S/C24H43N7O.HI/c1-6-25-24(28(4)17-21-18-29(5)27-22(21)19(2)3)26-11-12-30-13-15-31(16-14-30)23(32)20-9-7-8-10-20;/h18-20H,6-17H2,1-5H3,(H,25,26);1H. The summed E-state index contributed by atoms with van der Waals surface area (Å²) in [6.07, 6.45) is 6.73. The zero-order chi connectivity index (χ0) is 23.1. The average Bonchev–Trinajstić information content (AvgIpc) is 3.43. The second-order valence-electron chi connectivity index (χ2n) is 9.61. The molecule has 1 amide bonds. The normalized spacial score (nSPS) is 18.0. The van der Waals surface area contributed by atoms with E-state index >= 15 is 0 Å². The molecule has 0 unspecified atom stereocenters. The van der Waals surface area contributed by atoms with E-state index in [9.17, 15) is 4.79 Å². The third kappa shape index (κ3) is 7.83. The predicted octanol–water partition coefficient (Wildman–Crippen LogP) is 2.89. The van der Waals surface area contributed by atoms with Crippen LogP contribution in [-0.4, -0.2) is 89.2 Å². The van der Waals surface area contributed by atoms with Gasteiger partial charge in [0.15, 0.2) is 5.96 Å². The molecule has 1 aromatic rings. The zero-order valence-corrected chi connectivity index (χ0v) is 23.5. The third-order valence-electron chi connectivity index (χ3n) is 6.65. The number of hydrogen-bond acceptors (Lipinski definition) is 4. The first-order valence-corrected chi connectivity index (χ1v) is 12.4. The van der Waals surface area contributed by atoms with Gasteiger partial charge in [0, 0.05) is 77.6 Å². The molecule has 1 aliphatic carbocycles. The van der Waals surface area contributed by atoms with E-state index in [1.807, 2.05) is 11.7 Å². The van der Waals surface area contributed by atoms with Gasteiger partial charge < -0.3 is 15.1 Å². The summed E-state index contributed by atoms with van der Waals surface area (Å²) >= 11 is 0. The van der Waals surface area contributed by atoms with Gasteiger partial charge in [0.1, 0.15) is 0 Å². The number of aliphatic imine (C=N–C) groups is 1. The van der Waals surface area contributed by atoms with Crippen LogP contribution in [0.2, 0.25) is 0 Å². The number of nitrogens with zero attached hydrogens (tertiary/aromatic N) is 6. The molecular weight excluding hydrogens is 529 g/mol. The number of nitrogens with one attached hydrogen (secondary N) is 1. The summed E-state index contributed by atoms with van der Waals surface area (Å²) in [4.78, 5) is 24.2. The van der Waals surface area contributed by atoms with Gasteiger partial charge in [-0.2, -0.15) is 5.10 Å². The smallest absolute Gasteiger partial charge is 0.225 e. The monoisotopic (exact) mass is 573 g/mol. The van der Waals surface area contributed by atoms with Gasteiger partial charge in [-0.1, -0.05) is 26.7 Å². The van der Waals surface area contributed by atoms with E-state index in [0.717, 1.165) is 76.9 Å². The van der Waals surface area contributed by atoms with Gasteiger partial charge in [-0.3, -0.25) is 19.4 Å². The molecule has 2 aliphatic rings. The number of guanidine groups is 1. The summed E-state index contributed by atoms with van der Waals surface area (Å²) < 4.78 is 1.90. The van der Waals surface area contributed by atoms with Crippen LogP contribution >= 0.6 is 24.0 Å². The fraction of sp³-hybridized carbons (Fsp3) is 0.792. The Bertz CT molecular complexity index is 765. The molecule has 3 rings (SSSR count). The maximum absolute atomic E-state index is 12.6. The topological polar surface area (TPSA) is 69.0 Å². The minimum absolute atomic E-state index is 0. The lowest BCUT2D eigenvalue weighted by atomic mass is 10.1. The molecule has 8 nitrogen and oxygen atoms in total. The number of amides is 1. The Morgan fingerprint density at radius 3 is 2.52 bits per heavy atom. The molecule has 1 N–H and O–H groups in total. The molecule has 0 aromatic carbocycles. The van der Waals surface area contributed by atoms with Crippen molar-refractivity contribution in [3.8, 4) is 0 Å². The van der Waals surface area contributed by atoms with E-state index in [2.05, 4.69) is 59.1 Å². The van der Waals surface area contributed by atoms with Crippen molar-refractivity contribution in [2.75, 3.05) is 52.9 Å². The van der Waals surface area contributed by atoms with Crippen molar-refractivity contribution in [2.24, 2.45) is 18.0 Å². The molecule has 0 bridgehead atoms. The van der Waals surface area contributed by atoms with E-state index in [4.69, 9.17) is 4.99 Å². The largest absolute Gasteiger partial charge is 0.357 e. The molecule has 2 fully saturated rings. The fourth-order valence-electron chi connectivity index (χ4n) is 4.88. The Morgan fingerprint density at radius 1 is 1.24 bits per heavy atom. The van der Waals surface area contributed by atoms with Crippen molar-refractivity contribution in [1.29, 1.82) is 0 Å². The molecule has 1 aromatic heterocycles. The molecule has 33 heavy (non-hydrogen) atoms. The van der Waals surface area contributed by atoms with Gasteiger partial charge in [0.05, 0.1) is 12.2 Å². The maximum atomic E-state index is 12.6. The molecule has 0 spiro atoms. The number of aromatic nitrogens is 2. The van der Waals surface area contributed by atoms with Crippen molar-refractivity contribution in [3.05, 3.63) is 17.5 Å². The molecular formula is C24H44IN7O. The Kier molecular flexibility index (Phi) is 11.4. The van der Waals surface area contributed by atoms with Gasteiger partial charge in [-0.05, 0) is 25.7 Å². The highest BCUT2D eigenvalue weighted by atomic mass is 127. The zero-order valence-electron chi connectivity index (χ0n) is 21.2. The number of carbonyl (C=O) groups is 1. The molecule has 1 saturated heterocycles. The number of carbonyl (C=O) groups excluding carboxylic acids is 1. The second kappa shape index (κ2) is 13.5. The summed E-state index contributed by atoms with van der Waals surface area (Å²) in [5.74, 6) is 2.02. The highest BCUT2D eigenvalue weighted by Gasteiger charge is 2.29. The SMILES string of the molecule is CCNC(=NCCN1CCN(C(=O)C2CCCC2)CC1)N(C)Cc1cn(C)nc1C(C)C.I. The van der Waals surface area contributed by atoms with Gasteiger partial charge in [-0.25, -0.2) is 0 Å². The van der Waals surface area contributed by atoms with E-state index < -0.39 is 0 Å². The Hall–Kier alpha value is -1.36. The Labute approximate surface area is 217 Å². The molecule has 1 saturated carbocycles. The Morgan fingerprint density at radius 2 is 1.91 bits per heavy atom. The minimum atomic E-state index is 0. The third-order valence-corrected chi connectivity index (χ3v) is 6.65. The van der Waals surface area contributed by atoms with Crippen LogP contribution in [0.25, 0.3) is 0 Å².